The zero-order chi connectivity index (χ0) is 16.9. The van der Waals surface area contributed by atoms with Crippen LogP contribution in [0.4, 0.5) is 10.1 Å². The molecule has 0 bridgehead atoms. The van der Waals surface area contributed by atoms with Gasteiger partial charge in [0.25, 0.3) is 5.56 Å². The van der Waals surface area contributed by atoms with Crippen LogP contribution >= 0.6 is 0 Å². The topological polar surface area (TPSA) is 74.8 Å². The fourth-order valence-electron chi connectivity index (χ4n) is 2.32. The number of amides is 1. The van der Waals surface area contributed by atoms with Crippen molar-refractivity contribution in [3.05, 3.63) is 82.4 Å². The van der Waals surface area contributed by atoms with Gasteiger partial charge in [0.15, 0.2) is 0 Å². The van der Waals surface area contributed by atoms with Crippen LogP contribution in [0.2, 0.25) is 0 Å². The van der Waals surface area contributed by atoms with Crippen LogP contribution in [0.15, 0.2) is 65.5 Å². The molecule has 0 aliphatic carbocycles. The summed E-state index contributed by atoms with van der Waals surface area (Å²) in [6.45, 7) is 0. The van der Waals surface area contributed by atoms with Crippen molar-refractivity contribution in [3.8, 4) is 11.3 Å². The lowest BCUT2D eigenvalue weighted by atomic mass is 10.1. The molecule has 120 valence electrons. The molecule has 3 rings (SSSR count). The Morgan fingerprint density at radius 1 is 1.04 bits per heavy atom. The Morgan fingerprint density at radius 2 is 1.79 bits per heavy atom. The summed E-state index contributed by atoms with van der Waals surface area (Å²) >= 11 is 0. The number of aromatic amines is 1. The van der Waals surface area contributed by atoms with Crippen LogP contribution in [-0.2, 0) is 11.2 Å². The molecule has 2 aromatic carbocycles. The van der Waals surface area contributed by atoms with Gasteiger partial charge in [-0.15, -0.1) is 0 Å². The smallest absolute Gasteiger partial charge is 0.264 e. The first-order valence-corrected chi connectivity index (χ1v) is 7.32. The van der Waals surface area contributed by atoms with Crippen molar-refractivity contribution in [1.82, 2.24) is 10.2 Å². The highest BCUT2D eigenvalue weighted by atomic mass is 19.1. The number of anilines is 1. The normalized spacial score (nSPS) is 10.4. The Kier molecular flexibility index (Phi) is 4.47. The first-order valence-electron chi connectivity index (χ1n) is 7.32. The van der Waals surface area contributed by atoms with E-state index in [1.165, 1.54) is 12.1 Å². The van der Waals surface area contributed by atoms with Crippen molar-refractivity contribution >= 4 is 11.6 Å². The zero-order valence-electron chi connectivity index (χ0n) is 12.6. The third-order valence-electron chi connectivity index (χ3n) is 3.47. The SMILES string of the molecule is O=C(Cc1ccccc1F)Nc1ccccc1-c1ccc(=O)[nH]n1. The molecule has 6 heteroatoms. The van der Waals surface area contributed by atoms with Crippen molar-refractivity contribution < 1.29 is 9.18 Å². The highest BCUT2D eigenvalue weighted by Crippen LogP contribution is 2.25. The minimum atomic E-state index is -0.414. The van der Waals surface area contributed by atoms with Gasteiger partial charge < -0.3 is 5.32 Å². The summed E-state index contributed by atoms with van der Waals surface area (Å²) in [4.78, 5) is 23.3. The summed E-state index contributed by atoms with van der Waals surface area (Å²) < 4.78 is 13.6. The maximum Gasteiger partial charge on any atom is 0.264 e. The molecule has 0 aliphatic rings. The molecule has 0 unspecified atom stereocenters. The minimum absolute atomic E-state index is 0.0694. The van der Waals surface area contributed by atoms with E-state index in [0.717, 1.165) is 0 Å². The second-order valence-corrected chi connectivity index (χ2v) is 5.17. The van der Waals surface area contributed by atoms with Crippen LogP contribution in [0.25, 0.3) is 11.3 Å². The molecule has 0 atom stereocenters. The lowest BCUT2D eigenvalue weighted by molar-refractivity contribution is -0.115. The summed E-state index contributed by atoms with van der Waals surface area (Å²) in [5.41, 5.74) is 1.75. The quantitative estimate of drug-likeness (QED) is 0.775. The van der Waals surface area contributed by atoms with Gasteiger partial charge in [-0.3, -0.25) is 9.59 Å². The van der Waals surface area contributed by atoms with Gasteiger partial charge in [0, 0.05) is 11.6 Å². The number of aromatic nitrogens is 2. The predicted octanol–water partition coefficient (Wildman–Crippen LogP) is 2.76. The first kappa shape index (κ1) is 15.6. The summed E-state index contributed by atoms with van der Waals surface area (Å²) in [6, 6.07) is 16.2. The van der Waals surface area contributed by atoms with Crippen LogP contribution in [0.5, 0.6) is 0 Å². The average molecular weight is 323 g/mol. The monoisotopic (exact) mass is 323 g/mol. The van der Waals surface area contributed by atoms with Crippen LogP contribution < -0.4 is 10.9 Å². The highest BCUT2D eigenvalue weighted by Gasteiger charge is 2.11. The third-order valence-corrected chi connectivity index (χ3v) is 3.47. The molecule has 1 amide bonds. The van der Waals surface area contributed by atoms with E-state index >= 15 is 0 Å². The van der Waals surface area contributed by atoms with Gasteiger partial charge in [-0.25, -0.2) is 9.49 Å². The third kappa shape index (κ3) is 3.55. The van der Waals surface area contributed by atoms with E-state index in [1.807, 2.05) is 0 Å². The van der Waals surface area contributed by atoms with E-state index in [-0.39, 0.29) is 17.9 Å². The number of carbonyl (C=O) groups is 1. The minimum Gasteiger partial charge on any atom is -0.325 e. The number of nitrogens with one attached hydrogen (secondary N) is 2. The molecule has 3 aromatic rings. The standard InChI is InChI=1S/C18H14FN3O2/c19-14-7-3-1-5-12(14)11-18(24)20-15-8-4-2-6-13(15)16-9-10-17(23)22-21-16/h1-10H,11H2,(H,20,24)(H,22,23). The largest absolute Gasteiger partial charge is 0.325 e. The summed E-state index contributed by atoms with van der Waals surface area (Å²) in [6.07, 6.45) is -0.0694. The number of benzene rings is 2. The van der Waals surface area contributed by atoms with E-state index in [1.54, 1.807) is 48.5 Å². The Labute approximate surface area is 137 Å². The lowest BCUT2D eigenvalue weighted by Crippen LogP contribution is -2.16. The molecule has 0 spiro atoms. The van der Waals surface area contributed by atoms with E-state index in [0.29, 0.717) is 22.5 Å². The van der Waals surface area contributed by atoms with Gasteiger partial charge in [0.2, 0.25) is 5.91 Å². The first-order chi connectivity index (χ1) is 11.6. The molecule has 0 aliphatic heterocycles. The van der Waals surface area contributed by atoms with Crippen molar-refractivity contribution in [2.45, 2.75) is 6.42 Å². The number of rotatable bonds is 4. The molecular weight excluding hydrogens is 309 g/mol. The van der Waals surface area contributed by atoms with E-state index in [4.69, 9.17) is 0 Å². The number of nitrogens with zero attached hydrogens (tertiary/aromatic N) is 1. The number of hydrogen-bond acceptors (Lipinski definition) is 3. The number of halogens is 1. The number of para-hydroxylation sites is 1. The molecule has 0 radical (unpaired) electrons. The number of hydrogen-bond donors (Lipinski definition) is 2. The van der Waals surface area contributed by atoms with Crippen molar-refractivity contribution in [1.29, 1.82) is 0 Å². The second kappa shape index (κ2) is 6.87. The fourth-order valence-corrected chi connectivity index (χ4v) is 2.32. The molecule has 2 N–H and O–H groups in total. The van der Waals surface area contributed by atoms with Gasteiger partial charge in [-0.2, -0.15) is 5.10 Å². The Hall–Kier alpha value is -3.28. The summed E-state index contributed by atoms with van der Waals surface area (Å²) in [5.74, 6) is -0.750. The lowest BCUT2D eigenvalue weighted by Gasteiger charge is -2.10. The molecular formula is C18H14FN3O2. The maximum absolute atomic E-state index is 13.6. The van der Waals surface area contributed by atoms with Gasteiger partial charge in [-0.05, 0) is 23.8 Å². The Balaban J connectivity index is 1.83. The van der Waals surface area contributed by atoms with E-state index < -0.39 is 5.82 Å². The predicted molar refractivity (Wildman–Crippen MR) is 89.0 cm³/mol. The summed E-state index contributed by atoms with van der Waals surface area (Å²) in [5, 5.41) is 9.09. The van der Waals surface area contributed by atoms with Gasteiger partial charge >= 0.3 is 0 Å². The Bertz CT molecular complexity index is 917. The highest BCUT2D eigenvalue weighted by molar-refractivity contribution is 5.96. The average Bonchev–Trinajstić information content (AvgIpc) is 2.58. The molecule has 1 heterocycles. The Morgan fingerprint density at radius 3 is 2.54 bits per heavy atom. The molecule has 0 fully saturated rings. The van der Waals surface area contributed by atoms with Crippen LogP contribution in [-0.4, -0.2) is 16.1 Å². The van der Waals surface area contributed by atoms with Crippen molar-refractivity contribution in [2.75, 3.05) is 5.32 Å². The van der Waals surface area contributed by atoms with Crippen LogP contribution in [0, 0.1) is 5.82 Å². The van der Waals surface area contributed by atoms with Crippen LogP contribution in [0.3, 0.4) is 0 Å². The molecule has 24 heavy (non-hydrogen) atoms. The fraction of sp³-hybridized carbons (Fsp3) is 0.0556. The van der Waals surface area contributed by atoms with Gasteiger partial charge in [-0.1, -0.05) is 36.4 Å². The number of carbonyl (C=O) groups excluding carboxylic acids is 1. The summed E-state index contributed by atoms with van der Waals surface area (Å²) in [7, 11) is 0. The van der Waals surface area contributed by atoms with Gasteiger partial charge in [0.05, 0.1) is 17.8 Å². The van der Waals surface area contributed by atoms with Gasteiger partial charge in [0.1, 0.15) is 5.82 Å². The zero-order valence-corrected chi connectivity index (χ0v) is 12.6. The number of H-pyrrole nitrogens is 1. The second-order valence-electron chi connectivity index (χ2n) is 5.17. The molecule has 1 aromatic heterocycles. The van der Waals surface area contributed by atoms with Crippen molar-refractivity contribution in [3.63, 3.8) is 0 Å². The van der Waals surface area contributed by atoms with Crippen LogP contribution in [0.1, 0.15) is 5.56 Å². The molecule has 0 saturated heterocycles. The van der Waals surface area contributed by atoms with E-state index in [9.17, 15) is 14.0 Å². The van der Waals surface area contributed by atoms with E-state index in [2.05, 4.69) is 15.5 Å². The molecule has 0 saturated carbocycles. The van der Waals surface area contributed by atoms with Crippen molar-refractivity contribution in [2.24, 2.45) is 0 Å². The maximum atomic E-state index is 13.6. The molecule has 5 nitrogen and oxygen atoms in total.